The Balaban J connectivity index is 1.69. The summed E-state index contributed by atoms with van der Waals surface area (Å²) in [6.45, 7) is 4.51. The minimum Gasteiger partial charge on any atom is -0.449 e. The molecule has 0 atom stereocenters. The number of fused-ring (bicyclic) bond motifs is 2. The fourth-order valence-corrected chi connectivity index (χ4v) is 3.86. The summed E-state index contributed by atoms with van der Waals surface area (Å²) in [7, 11) is 1.72. The van der Waals surface area contributed by atoms with Crippen molar-refractivity contribution < 1.29 is 9.47 Å². The highest BCUT2D eigenvalue weighted by atomic mass is 16.7. The van der Waals surface area contributed by atoms with Crippen LogP contribution in [0.1, 0.15) is 32.4 Å². The number of nitriles is 1. The van der Waals surface area contributed by atoms with Crippen LogP contribution in [0.3, 0.4) is 0 Å². The second-order valence-corrected chi connectivity index (χ2v) is 8.39. The van der Waals surface area contributed by atoms with E-state index in [9.17, 15) is 10.1 Å². The number of aromatic nitrogens is 2. The van der Waals surface area contributed by atoms with Crippen LogP contribution in [0.25, 0.3) is 11.0 Å². The predicted octanol–water partition coefficient (Wildman–Crippen LogP) is 3.86. The molecular formula is C23H22N4O3. The molecule has 0 N–H and O–H groups in total. The number of pyridine rings is 2. The maximum Gasteiger partial charge on any atom is 0.252 e. The summed E-state index contributed by atoms with van der Waals surface area (Å²) in [6, 6.07) is 12.9. The van der Waals surface area contributed by atoms with Crippen LogP contribution in [0, 0.1) is 17.2 Å². The van der Waals surface area contributed by atoms with Crippen LogP contribution in [0.15, 0.2) is 41.2 Å². The first kappa shape index (κ1) is 18.5. The molecule has 5 rings (SSSR count). The van der Waals surface area contributed by atoms with Gasteiger partial charge in [0.05, 0.1) is 11.2 Å². The van der Waals surface area contributed by atoms with E-state index in [-0.39, 0.29) is 5.56 Å². The maximum atomic E-state index is 12.7. The SMILES string of the molecule is Cn1c(=O)cc(N(CC2CC2)c2ccc3c(c2)OC(C)(C)O3)c2nc(C#N)ccc21. The van der Waals surface area contributed by atoms with Gasteiger partial charge in [0.15, 0.2) is 11.5 Å². The molecule has 0 saturated heterocycles. The summed E-state index contributed by atoms with van der Waals surface area (Å²) < 4.78 is 13.3. The predicted molar refractivity (Wildman–Crippen MR) is 113 cm³/mol. The van der Waals surface area contributed by atoms with E-state index in [1.165, 1.54) is 0 Å². The molecule has 30 heavy (non-hydrogen) atoms. The summed E-state index contributed by atoms with van der Waals surface area (Å²) >= 11 is 0. The highest BCUT2D eigenvalue weighted by Gasteiger charge is 2.33. The van der Waals surface area contributed by atoms with Crippen molar-refractivity contribution in [3.8, 4) is 17.6 Å². The Labute approximate surface area is 174 Å². The highest BCUT2D eigenvalue weighted by molar-refractivity contribution is 5.91. The number of anilines is 2. The molecule has 7 nitrogen and oxygen atoms in total. The number of benzene rings is 1. The van der Waals surface area contributed by atoms with E-state index >= 15 is 0 Å². The zero-order chi connectivity index (χ0) is 21.0. The smallest absolute Gasteiger partial charge is 0.252 e. The van der Waals surface area contributed by atoms with Crippen LogP contribution < -0.4 is 19.9 Å². The molecule has 2 aliphatic rings. The van der Waals surface area contributed by atoms with Gasteiger partial charge in [0.2, 0.25) is 5.79 Å². The number of hydrogen-bond donors (Lipinski definition) is 0. The van der Waals surface area contributed by atoms with E-state index in [0.29, 0.717) is 39.8 Å². The number of ether oxygens (including phenoxy) is 2. The van der Waals surface area contributed by atoms with Crippen molar-refractivity contribution in [1.29, 1.82) is 5.26 Å². The topological polar surface area (TPSA) is 80.4 Å². The van der Waals surface area contributed by atoms with E-state index in [4.69, 9.17) is 9.47 Å². The van der Waals surface area contributed by atoms with Crippen LogP contribution >= 0.6 is 0 Å². The van der Waals surface area contributed by atoms with Crippen LogP contribution in [-0.2, 0) is 7.05 Å². The summed E-state index contributed by atoms with van der Waals surface area (Å²) in [4.78, 5) is 19.4. The maximum absolute atomic E-state index is 12.7. The Morgan fingerprint density at radius 3 is 2.70 bits per heavy atom. The van der Waals surface area contributed by atoms with Gasteiger partial charge in [0.1, 0.15) is 17.3 Å². The Morgan fingerprint density at radius 1 is 1.20 bits per heavy atom. The molecule has 2 aromatic heterocycles. The molecule has 152 valence electrons. The molecule has 0 unspecified atom stereocenters. The Kier molecular flexibility index (Phi) is 4.00. The third kappa shape index (κ3) is 3.14. The van der Waals surface area contributed by atoms with Gasteiger partial charge < -0.3 is 18.9 Å². The van der Waals surface area contributed by atoms with Gasteiger partial charge in [-0.25, -0.2) is 4.98 Å². The first-order valence-corrected chi connectivity index (χ1v) is 10.1. The average Bonchev–Trinajstić information content (AvgIpc) is 3.48. The van der Waals surface area contributed by atoms with E-state index in [0.717, 1.165) is 25.1 Å². The van der Waals surface area contributed by atoms with Crippen molar-refractivity contribution in [2.75, 3.05) is 11.4 Å². The zero-order valence-corrected chi connectivity index (χ0v) is 17.2. The molecule has 1 fully saturated rings. The fourth-order valence-electron chi connectivity index (χ4n) is 3.86. The summed E-state index contributed by atoms with van der Waals surface area (Å²) in [5.74, 6) is 1.23. The lowest BCUT2D eigenvalue weighted by Crippen LogP contribution is -2.29. The van der Waals surface area contributed by atoms with Crippen molar-refractivity contribution in [2.24, 2.45) is 13.0 Å². The van der Waals surface area contributed by atoms with Gasteiger partial charge in [0, 0.05) is 45.3 Å². The van der Waals surface area contributed by atoms with E-state index in [1.54, 1.807) is 29.8 Å². The Hall–Kier alpha value is -3.53. The molecule has 1 saturated carbocycles. The standard InChI is InChI=1S/C23H22N4O3/c1-23(2)29-19-9-7-16(10-20(19)30-23)27(13-14-4-5-14)18-11-21(28)26(3)17-8-6-15(12-24)25-22(17)18/h6-11,14H,4-5,13H2,1-3H3. The molecule has 0 spiro atoms. The molecule has 7 heteroatoms. The van der Waals surface area contributed by atoms with Crippen molar-refractivity contribution >= 4 is 22.4 Å². The second-order valence-electron chi connectivity index (χ2n) is 8.39. The first-order valence-electron chi connectivity index (χ1n) is 10.1. The van der Waals surface area contributed by atoms with E-state index < -0.39 is 5.79 Å². The molecule has 0 radical (unpaired) electrons. The molecule has 1 aliphatic heterocycles. The third-order valence-corrected chi connectivity index (χ3v) is 5.56. The lowest BCUT2D eigenvalue weighted by Gasteiger charge is -2.26. The molecule has 0 amide bonds. The second kappa shape index (κ2) is 6.49. The van der Waals surface area contributed by atoms with Gasteiger partial charge >= 0.3 is 0 Å². The van der Waals surface area contributed by atoms with E-state index in [1.807, 2.05) is 32.0 Å². The molecule has 3 aromatic rings. The number of rotatable bonds is 4. The van der Waals surface area contributed by atoms with Gasteiger partial charge in [-0.05, 0) is 43.0 Å². The third-order valence-electron chi connectivity index (χ3n) is 5.56. The van der Waals surface area contributed by atoms with Crippen molar-refractivity contribution in [2.45, 2.75) is 32.5 Å². The van der Waals surface area contributed by atoms with Crippen LogP contribution in [0.4, 0.5) is 11.4 Å². The molecule has 1 aliphatic carbocycles. The lowest BCUT2D eigenvalue weighted by atomic mass is 10.1. The largest absolute Gasteiger partial charge is 0.449 e. The van der Waals surface area contributed by atoms with Crippen molar-refractivity contribution in [3.05, 3.63) is 52.4 Å². The molecule has 1 aromatic carbocycles. The van der Waals surface area contributed by atoms with E-state index in [2.05, 4.69) is 16.0 Å². The number of hydrogen-bond acceptors (Lipinski definition) is 6. The van der Waals surface area contributed by atoms with Gasteiger partial charge in [-0.1, -0.05) is 0 Å². The molecule has 0 bridgehead atoms. The fraction of sp³-hybridized carbons (Fsp3) is 0.348. The van der Waals surface area contributed by atoms with Crippen LogP contribution in [-0.4, -0.2) is 21.9 Å². The Bertz CT molecular complexity index is 1270. The lowest BCUT2D eigenvalue weighted by molar-refractivity contribution is -0.0431. The average molecular weight is 402 g/mol. The van der Waals surface area contributed by atoms with Crippen molar-refractivity contribution in [3.63, 3.8) is 0 Å². The Morgan fingerprint density at radius 2 is 1.97 bits per heavy atom. The molecular weight excluding hydrogens is 380 g/mol. The first-order chi connectivity index (χ1) is 14.3. The van der Waals surface area contributed by atoms with Gasteiger partial charge in [-0.15, -0.1) is 0 Å². The summed E-state index contributed by atoms with van der Waals surface area (Å²) in [6.07, 6.45) is 2.32. The van der Waals surface area contributed by atoms with Crippen molar-refractivity contribution in [1.82, 2.24) is 9.55 Å². The minimum atomic E-state index is -0.707. The minimum absolute atomic E-state index is 0.119. The monoisotopic (exact) mass is 402 g/mol. The number of aryl methyl sites for hydroxylation is 1. The summed E-state index contributed by atoms with van der Waals surface area (Å²) in [5.41, 5.74) is 3.14. The van der Waals surface area contributed by atoms with Gasteiger partial charge in [0.25, 0.3) is 5.56 Å². The summed E-state index contributed by atoms with van der Waals surface area (Å²) in [5, 5.41) is 9.35. The highest BCUT2D eigenvalue weighted by Crippen LogP contribution is 2.44. The normalized spacial score (nSPS) is 16.5. The molecule has 3 heterocycles. The van der Waals surface area contributed by atoms with Gasteiger partial charge in [-0.3, -0.25) is 4.79 Å². The van der Waals surface area contributed by atoms with Crippen LogP contribution in [0.2, 0.25) is 0 Å². The zero-order valence-electron chi connectivity index (χ0n) is 17.2. The quantitative estimate of drug-likeness (QED) is 0.659. The number of nitrogens with zero attached hydrogens (tertiary/aromatic N) is 4. The van der Waals surface area contributed by atoms with Crippen LogP contribution in [0.5, 0.6) is 11.5 Å². The van der Waals surface area contributed by atoms with Gasteiger partial charge in [-0.2, -0.15) is 5.26 Å².